The summed E-state index contributed by atoms with van der Waals surface area (Å²) < 4.78 is 49.3. The van der Waals surface area contributed by atoms with E-state index in [2.05, 4.69) is 0 Å². The molecule has 2 N–H and O–H groups in total. The smallest absolute Gasteiger partial charge is 0.329 e. The van der Waals surface area contributed by atoms with Crippen molar-refractivity contribution >= 4 is 21.6 Å². The Morgan fingerprint density at radius 1 is 1.03 bits per heavy atom. The van der Waals surface area contributed by atoms with Gasteiger partial charge < -0.3 is 9.47 Å². The number of rotatable bonds is 8. The molecule has 1 heterocycles. The molecule has 0 saturated carbocycles. The first-order valence-corrected chi connectivity index (χ1v) is 13.2. The molecule has 4 rings (SSSR count). The molecule has 3 aromatic carbocycles. The zero-order valence-corrected chi connectivity index (χ0v) is 20.9. The van der Waals surface area contributed by atoms with E-state index in [9.17, 15) is 18.3 Å². The summed E-state index contributed by atoms with van der Waals surface area (Å²) in [7, 11) is 0.203. The van der Waals surface area contributed by atoms with E-state index in [4.69, 9.17) is 9.47 Å². The van der Waals surface area contributed by atoms with Crippen LogP contribution in [-0.2, 0) is 7.05 Å². The number of halogens is 1. The van der Waals surface area contributed by atoms with Crippen molar-refractivity contribution in [3.05, 3.63) is 82.5 Å². The summed E-state index contributed by atoms with van der Waals surface area (Å²) in [6, 6.07) is 16.4. The lowest BCUT2D eigenvalue weighted by Gasteiger charge is -2.32. The van der Waals surface area contributed by atoms with Crippen LogP contribution in [0.3, 0.4) is 0 Å². The van der Waals surface area contributed by atoms with E-state index in [-0.39, 0.29) is 17.3 Å². The van der Waals surface area contributed by atoms with Crippen molar-refractivity contribution in [3.8, 4) is 22.6 Å². The lowest BCUT2D eigenvalue weighted by molar-refractivity contribution is 0.310. The van der Waals surface area contributed by atoms with Gasteiger partial charge in [-0.2, -0.15) is 10.6 Å². The molecule has 1 atom stereocenters. The highest BCUT2D eigenvalue weighted by molar-refractivity contribution is 8.23. The van der Waals surface area contributed by atoms with Gasteiger partial charge in [0.25, 0.3) is 0 Å². The molecular formula is C26H29FN2O5S. The third-order valence-electron chi connectivity index (χ3n) is 5.93. The summed E-state index contributed by atoms with van der Waals surface area (Å²) in [6.45, 7) is 2.27. The van der Waals surface area contributed by atoms with Crippen LogP contribution in [0.25, 0.3) is 22.2 Å². The Morgan fingerprint density at radius 2 is 1.77 bits per heavy atom. The number of methoxy groups -OCH3 is 1. The summed E-state index contributed by atoms with van der Waals surface area (Å²) in [5, 5.41) is 0. The van der Waals surface area contributed by atoms with Crippen LogP contribution in [-0.4, -0.2) is 44.0 Å². The van der Waals surface area contributed by atoms with Crippen molar-refractivity contribution in [2.45, 2.75) is 13.0 Å². The summed E-state index contributed by atoms with van der Waals surface area (Å²) in [5.41, 5.74) is 2.62. The number of hydrogen-bond acceptors (Lipinski definition) is 5. The monoisotopic (exact) mass is 500 g/mol. The van der Waals surface area contributed by atoms with Crippen LogP contribution in [0.2, 0.25) is 0 Å². The fourth-order valence-corrected chi connectivity index (χ4v) is 5.25. The van der Waals surface area contributed by atoms with Gasteiger partial charge in [0.05, 0.1) is 36.5 Å². The Labute approximate surface area is 204 Å². The summed E-state index contributed by atoms with van der Waals surface area (Å²) in [5.74, 6) is 0.618. The highest BCUT2D eigenvalue weighted by atomic mass is 32.3. The van der Waals surface area contributed by atoms with Crippen LogP contribution in [0.1, 0.15) is 18.5 Å². The van der Waals surface area contributed by atoms with Gasteiger partial charge in [0.2, 0.25) is 0 Å². The Kier molecular flexibility index (Phi) is 6.93. The van der Waals surface area contributed by atoms with E-state index >= 15 is 0 Å². The fourth-order valence-electron chi connectivity index (χ4n) is 4.32. The Morgan fingerprint density at radius 3 is 2.43 bits per heavy atom. The number of imidazole rings is 1. The lowest BCUT2D eigenvalue weighted by Crippen LogP contribution is -2.30. The third kappa shape index (κ3) is 4.93. The molecule has 35 heavy (non-hydrogen) atoms. The van der Waals surface area contributed by atoms with Crippen molar-refractivity contribution in [2.75, 3.05) is 25.7 Å². The van der Waals surface area contributed by atoms with Crippen molar-refractivity contribution in [3.63, 3.8) is 0 Å². The predicted octanol–water partition coefficient (Wildman–Crippen LogP) is 5.52. The first kappa shape index (κ1) is 24.8. The van der Waals surface area contributed by atoms with Crippen LogP contribution >= 0.6 is 10.6 Å². The number of aryl methyl sites for hydroxylation is 1. The fraction of sp³-hybridized carbons (Fsp3) is 0.269. The van der Waals surface area contributed by atoms with E-state index in [1.807, 2.05) is 6.92 Å². The normalized spacial score (nSPS) is 13.1. The topological polar surface area (TPSA) is 85.9 Å². The first-order chi connectivity index (χ1) is 16.6. The molecule has 7 nitrogen and oxygen atoms in total. The summed E-state index contributed by atoms with van der Waals surface area (Å²) in [6.07, 6.45) is 1.36. The number of fused-ring (bicyclic) bond motifs is 1. The second-order valence-electron chi connectivity index (χ2n) is 8.41. The molecule has 9 heteroatoms. The molecular weight excluding hydrogens is 471 g/mol. The van der Waals surface area contributed by atoms with Crippen LogP contribution < -0.4 is 15.2 Å². The minimum atomic E-state index is -2.98. The number of hydrogen-bond donors (Lipinski definition) is 2. The van der Waals surface area contributed by atoms with Crippen LogP contribution in [0.15, 0.2) is 65.5 Å². The maximum Gasteiger partial charge on any atom is 0.329 e. The standard InChI is InChI=1S/C26H29FN2O5S/c1-5-34-25-15-18(11-13-24(25)33-3)23(16-35(4,31)32)29-21-12-10-17(14-22(21)28(2)26(29)30)19-8-6-7-9-20(19)27/h6-15,23,31-32H,5,16H2,1-4H3/t23-/m1/s1. The van der Waals surface area contributed by atoms with Gasteiger partial charge >= 0.3 is 5.69 Å². The van der Waals surface area contributed by atoms with Crippen molar-refractivity contribution < 1.29 is 23.0 Å². The van der Waals surface area contributed by atoms with Crippen LogP contribution in [0, 0.1) is 5.82 Å². The highest BCUT2D eigenvalue weighted by Gasteiger charge is 2.26. The number of benzene rings is 3. The molecule has 0 unspecified atom stereocenters. The number of ether oxygens (including phenoxy) is 2. The van der Waals surface area contributed by atoms with Gasteiger partial charge in [-0.25, -0.2) is 9.18 Å². The quantitative estimate of drug-likeness (QED) is 0.333. The van der Waals surface area contributed by atoms with E-state index in [0.717, 1.165) is 0 Å². The molecule has 0 aliphatic rings. The lowest BCUT2D eigenvalue weighted by atomic mass is 10.0. The maximum absolute atomic E-state index is 14.4. The van der Waals surface area contributed by atoms with Crippen molar-refractivity contribution in [1.29, 1.82) is 0 Å². The van der Waals surface area contributed by atoms with Gasteiger partial charge in [-0.15, -0.1) is 0 Å². The maximum atomic E-state index is 14.4. The van der Waals surface area contributed by atoms with Gasteiger partial charge in [-0.1, -0.05) is 30.3 Å². The molecule has 4 aromatic rings. The molecule has 1 aromatic heterocycles. The molecule has 0 aliphatic heterocycles. The third-order valence-corrected chi connectivity index (χ3v) is 6.88. The minimum absolute atomic E-state index is 0.0705. The molecule has 0 amide bonds. The largest absolute Gasteiger partial charge is 0.493 e. The van der Waals surface area contributed by atoms with Gasteiger partial charge in [-0.05, 0) is 48.4 Å². The van der Waals surface area contributed by atoms with Gasteiger partial charge in [0.15, 0.2) is 11.5 Å². The van der Waals surface area contributed by atoms with Gasteiger partial charge in [0, 0.05) is 18.9 Å². The average molecular weight is 501 g/mol. The predicted molar refractivity (Wildman–Crippen MR) is 139 cm³/mol. The van der Waals surface area contributed by atoms with E-state index in [1.54, 1.807) is 73.3 Å². The molecule has 0 aliphatic carbocycles. The second kappa shape index (κ2) is 9.77. The highest BCUT2D eigenvalue weighted by Crippen LogP contribution is 2.42. The average Bonchev–Trinajstić information content (AvgIpc) is 3.07. The SMILES string of the molecule is CCOc1cc([C@@H](CS(C)(O)O)n2c(=O)n(C)c3cc(-c4ccccc4F)ccc32)ccc1OC. The number of nitrogens with zero attached hydrogens (tertiary/aromatic N) is 2. The molecule has 0 spiro atoms. The Bertz CT molecular complexity index is 1420. The van der Waals surface area contributed by atoms with E-state index < -0.39 is 16.6 Å². The van der Waals surface area contributed by atoms with E-state index in [0.29, 0.717) is 45.8 Å². The minimum Gasteiger partial charge on any atom is -0.493 e. The molecule has 0 saturated heterocycles. The van der Waals surface area contributed by atoms with Crippen LogP contribution in [0.4, 0.5) is 4.39 Å². The van der Waals surface area contributed by atoms with E-state index in [1.165, 1.54) is 16.9 Å². The van der Waals surface area contributed by atoms with Gasteiger partial charge in [-0.3, -0.25) is 18.2 Å². The second-order valence-corrected chi connectivity index (χ2v) is 10.7. The molecule has 0 radical (unpaired) electrons. The zero-order chi connectivity index (χ0) is 25.3. The zero-order valence-electron chi connectivity index (χ0n) is 20.1. The molecule has 0 bridgehead atoms. The van der Waals surface area contributed by atoms with Crippen molar-refractivity contribution in [1.82, 2.24) is 9.13 Å². The Hall–Kier alpha value is -3.27. The first-order valence-electron chi connectivity index (χ1n) is 11.1. The van der Waals surface area contributed by atoms with Crippen LogP contribution in [0.5, 0.6) is 11.5 Å². The summed E-state index contributed by atoms with van der Waals surface area (Å²) >= 11 is 0. The molecule has 0 fully saturated rings. The number of aromatic nitrogens is 2. The Balaban J connectivity index is 1.92. The van der Waals surface area contributed by atoms with Crippen molar-refractivity contribution in [2.24, 2.45) is 7.05 Å². The molecule has 186 valence electrons. The summed E-state index contributed by atoms with van der Waals surface area (Å²) in [4.78, 5) is 13.5. The van der Waals surface area contributed by atoms with Gasteiger partial charge in [0.1, 0.15) is 5.82 Å².